The second-order valence-electron chi connectivity index (χ2n) is 6.04. The third-order valence-corrected chi connectivity index (χ3v) is 4.33. The summed E-state index contributed by atoms with van der Waals surface area (Å²) in [6.07, 6.45) is 0.809. The number of halogens is 2. The van der Waals surface area contributed by atoms with Crippen LogP contribution in [0.4, 0.5) is 14.5 Å². The van der Waals surface area contributed by atoms with Gasteiger partial charge in [-0.2, -0.15) is 0 Å². The van der Waals surface area contributed by atoms with Crippen molar-refractivity contribution in [3.63, 3.8) is 0 Å². The monoisotopic (exact) mass is 339 g/mol. The molecule has 1 heterocycles. The molecule has 0 amide bonds. The molecule has 1 aliphatic heterocycles. The summed E-state index contributed by atoms with van der Waals surface area (Å²) in [7, 11) is 3.79. The maximum Gasteiger partial charge on any atom is 0.191 e. The van der Waals surface area contributed by atoms with Gasteiger partial charge in [-0.3, -0.25) is 4.99 Å². The topological polar surface area (TPSA) is 42.9 Å². The van der Waals surface area contributed by atoms with Gasteiger partial charge in [-0.15, -0.1) is 0 Å². The summed E-state index contributed by atoms with van der Waals surface area (Å²) >= 11 is 0. The highest BCUT2D eigenvalue weighted by Gasteiger charge is 2.27. The molecule has 1 fully saturated rings. The number of nitrogens with zero attached hydrogens (tertiary/aromatic N) is 3. The van der Waals surface area contributed by atoms with Gasteiger partial charge in [0.2, 0.25) is 0 Å². The highest BCUT2D eigenvalue weighted by atomic mass is 19.1. The molecule has 1 atom stereocenters. The molecule has 0 saturated carbocycles. The van der Waals surface area contributed by atoms with Gasteiger partial charge in [-0.1, -0.05) is 13.0 Å². The first-order chi connectivity index (χ1) is 11.5. The van der Waals surface area contributed by atoms with Gasteiger partial charge in [0.25, 0.3) is 0 Å². The summed E-state index contributed by atoms with van der Waals surface area (Å²) in [6.45, 7) is 6.00. The number of nitrogens with one attached hydrogen (secondary N) is 2. The van der Waals surface area contributed by atoms with Crippen molar-refractivity contribution in [2.24, 2.45) is 4.99 Å². The van der Waals surface area contributed by atoms with E-state index in [9.17, 15) is 8.78 Å². The maximum absolute atomic E-state index is 13.9. The van der Waals surface area contributed by atoms with Gasteiger partial charge in [0.1, 0.15) is 17.3 Å². The molecule has 5 nitrogen and oxygen atoms in total. The van der Waals surface area contributed by atoms with Crippen LogP contribution < -0.4 is 15.5 Å². The minimum atomic E-state index is -0.513. The highest BCUT2D eigenvalue weighted by molar-refractivity contribution is 5.80. The van der Waals surface area contributed by atoms with Crippen LogP contribution in [-0.4, -0.2) is 63.7 Å². The Morgan fingerprint density at radius 2 is 2.08 bits per heavy atom. The molecule has 0 aliphatic carbocycles. The highest BCUT2D eigenvalue weighted by Crippen LogP contribution is 2.26. The van der Waals surface area contributed by atoms with Gasteiger partial charge in [-0.05, 0) is 32.1 Å². The predicted octanol–water partition coefficient (Wildman–Crippen LogP) is 1.66. The normalized spacial score (nSPS) is 18.3. The molecule has 134 valence electrons. The Bertz CT molecular complexity index is 544. The second kappa shape index (κ2) is 8.82. The minimum Gasteiger partial charge on any atom is -0.365 e. The van der Waals surface area contributed by atoms with Crippen molar-refractivity contribution in [1.82, 2.24) is 15.5 Å². The van der Waals surface area contributed by atoms with Crippen molar-refractivity contribution in [2.45, 2.75) is 19.4 Å². The third kappa shape index (κ3) is 4.80. The molecule has 0 aromatic heterocycles. The molecule has 1 unspecified atom stereocenters. The van der Waals surface area contributed by atoms with Crippen molar-refractivity contribution >= 4 is 11.6 Å². The summed E-state index contributed by atoms with van der Waals surface area (Å²) in [4.78, 5) is 8.17. The van der Waals surface area contributed by atoms with E-state index < -0.39 is 11.6 Å². The summed E-state index contributed by atoms with van der Waals surface area (Å²) in [5.74, 6) is -0.304. The lowest BCUT2D eigenvalue weighted by atomic mass is 10.2. The Hall–Kier alpha value is -1.89. The molecular weight excluding hydrogens is 312 g/mol. The van der Waals surface area contributed by atoms with Crippen LogP contribution in [0.15, 0.2) is 23.2 Å². The number of aliphatic imine (C=N–C) groups is 1. The minimum absolute atomic E-state index is 0.0642. The summed E-state index contributed by atoms with van der Waals surface area (Å²) < 4.78 is 27.8. The van der Waals surface area contributed by atoms with Crippen molar-refractivity contribution in [3.05, 3.63) is 29.8 Å². The van der Waals surface area contributed by atoms with E-state index in [2.05, 4.69) is 34.5 Å². The number of hydrogen-bond donors (Lipinski definition) is 2. The van der Waals surface area contributed by atoms with Crippen LogP contribution in [-0.2, 0) is 0 Å². The zero-order chi connectivity index (χ0) is 17.5. The van der Waals surface area contributed by atoms with E-state index in [0.29, 0.717) is 13.1 Å². The summed E-state index contributed by atoms with van der Waals surface area (Å²) in [5.41, 5.74) is 0.0642. The van der Waals surface area contributed by atoms with Crippen LogP contribution in [0.3, 0.4) is 0 Å². The molecule has 0 radical (unpaired) electrons. The Kier molecular flexibility index (Phi) is 6.78. The Labute approximate surface area is 142 Å². The van der Waals surface area contributed by atoms with Crippen LogP contribution in [0.5, 0.6) is 0 Å². The second-order valence-corrected chi connectivity index (χ2v) is 6.04. The van der Waals surface area contributed by atoms with Crippen LogP contribution >= 0.6 is 0 Å². The van der Waals surface area contributed by atoms with Gasteiger partial charge in [0.15, 0.2) is 5.96 Å². The number of hydrogen-bond acceptors (Lipinski definition) is 3. The number of likely N-dealkylation sites (N-methyl/N-ethyl adjacent to an activating group) is 1. The van der Waals surface area contributed by atoms with Crippen molar-refractivity contribution < 1.29 is 8.78 Å². The first-order valence-corrected chi connectivity index (χ1v) is 8.39. The Balaban J connectivity index is 1.86. The van der Waals surface area contributed by atoms with E-state index in [1.165, 1.54) is 18.2 Å². The van der Waals surface area contributed by atoms with E-state index in [-0.39, 0.29) is 11.7 Å². The zero-order valence-corrected chi connectivity index (χ0v) is 14.6. The molecule has 2 rings (SSSR count). The lowest BCUT2D eigenvalue weighted by Gasteiger charge is -2.21. The summed E-state index contributed by atoms with van der Waals surface area (Å²) in [5, 5.41) is 6.60. The van der Waals surface area contributed by atoms with E-state index >= 15 is 0 Å². The fourth-order valence-electron chi connectivity index (χ4n) is 2.78. The molecule has 0 spiro atoms. The van der Waals surface area contributed by atoms with Crippen molar-refractivity contribution in [2.75, 3.05) is 51.7 Å². The third-order valence-electron chi connectivity index (χ3n) is 4.33. The molecule has 1 aliphatic rings. The maximum atomic E-state index is 13.9. The van der Waals surface area contributed by atoms with E-state index in [1.54, 1.807) is 11.9 Å². The van der Waals surface area contributed by atoms with Gasteiger partial charge < -0.3 is 20.4 Å². The zero-order valence-electron chi connectivity index (χ0n) is 14.6. The van der Waals surface area contributed by atoms with Gasteiger partial charge >= 0.3 is 0 Å². The largest absolute Gasteiger partial charge is 0.365 e. The SMILES string of the molecule is CCN(C)CCNC(=NC)NC1CCN(c2c(F)cccc2F)C1. The lowest BCUT2D eigenvalue weighted by Crippen LogP contribution is -2.46. The van der Waals surface area contributed by atoms with Crippen molar-refractivity contribution in [3.8, 4) is 0 Å². The number of benzene rings is 1. The van der Waals surface area contributed by atoms with E-state index in [1.807, 2.05) is 0 Å². The number of guanidine groups is 1. The smallest absolute Gasteiger partial charge is 0.191 e. The summed E-state index contributed by atoms with van der Waals surface area (Å²) in [6, 6.07) is 4.09. The average molecular weight is 339 g/mol. The molecule has 7 heteroatoms. The van der Waals surface area contributed by atoms with Crippen molar-refractivity contribution in [1.29, 1.82) is 0 Å². The fraction of sp³-hybridized carbons (Fsp3) is 0.588. The lowest BCUT2D eigenvalue weighted by molar-refractivity contribution is 0.357. The molecule has 24 heavy (non-hydrogen) atoms. The first-order valence-electron chi connectivity index (χ1n) is 8.39. The first kappa shape index (κ1) is 18.4. The van der Waals surface area contributed by atoms with Crippen LogP contribution in [0.2, 0.25) is 0 Å². The quantitative estimate of drug-likeness (QED) is 0.611. The molecule has 2 N–H and O–H groups in total. The predicted molar refractivity (Wildman–Crippen MR) is 94.6 cm³/mol. The molecule has 0 bridgehead atoms. The average Bonchev–Trinajstić information content (AvgIpc) is 3.01. The standard InChI is InChI=1S/C17H27F2N5/c1-4-23(3)11-9-21-17(20-2)22-13-8-10-24(12-13)16-14(18)6-5-7-15(16)19/h5-7,13H,4,8-12H2,1-3H3,(H2,20,21,22). The van der Waals surface area contributed by atoms with E-state index in [0.717, 1.165) is 32.0 Å². The van der Waals surface area contributed by atoms with Crippen LogP contribution in [0.25, 0.3) is 0 Å². The fourth-order valence-corrected chi connectivity index (χ4v) is 2.78. The molecular formula is C17H27F2N5. The van der Waals surface area contributed by atoms with Gasteiger partial charge in [0, 0.05) is 39.3 Å². The molecule has 1 aromatic carbocycles. The van der Waals surface area contributed by atoms with Crippen LogP contribution in [0, 0.1) is 11.6 Å². The van der Waals surface area contributed by atoms with E-state index in [4.69, 9.17) is 0 Å². The van der Waals surface area contributed by atoms with Gasteiger partial charge in [-0.25, -0.2) is 8.78 Å². The number of rotatable bonds is 6. The molecule has 1 saturated heterocycles. The Morgan fingerprint density at radius 1 is 1.38 bits per heavy atom. The van der Waals surface area contributed by atoms with Gasteiger partial charge in [0.05, 0.1) is 0 Å². The number of anilines is 1. The Morgan fingerprint density at radius 3 is 2.71 bits per heavy atom. The molecule has 1 aromatic rings. The van der Waals surface area contributed by atoms with Crippen LogP contribution in [0.1, 0.15) is 13.3 Å². The number of para-hydroxylation sites is 1.